The smallest absolute Gasteiger partial charge is 0.195 e. The van der Waals surface area contributed by atoms with E-state index in [1.54, 1.807) is 11.3 Å². The van der Waals surface area contributed by atoms with E-state index in [9.17, 15) is 0 Å². The van der Waals surface area contributed by atoms with Crippen LogP contribution >= 0.6 is 11.3 Å². The number of hydrogen-bond donors (Lipinski definition) is 1. The first kappa shape index (κ1) is 14.9. The van der Waals surface area contributed by atoms with E-state index in [-0.39, 0.29) is 0 Å². The number of imidazole rings is 1. The van der Waals surface area contributed by atoms with Gasteiger partial charge in [0, 0.05) is 30.7 Å². The Kier molecular flexibility index (Phi) is 4.50. The van der Waals surface area contributed by atoms with Gasteiger partial charge < -0.3 is 10.2 Å². The predicted molar refractivity (Wildman–Crippen MR) is 90.3 cm³/mol. The number of fused-ring (bicyclic) bond motifs is 1. The first-order chi connectivity index (χ1) is 10.2. The second kappa shape index (κ2) is 6.36. The Morgan fingerprint density at radius 1 is 1.48 bits per heavy atom. The molecule has 0 saturated carbocycles. The lowest BCUT2D eigenvalue weighted by Crippen LogP contribution is -2.30. The monoisotopic (exact) mass is 306 g/mol. The van der Waals surface area contributed by atoms with Gasteiger partial charge in [0.15, 0.2) is 10.8 Å². The average molecular weight is 306 g/mol. The summed E-state index contributed by atoms with van der Waals surface area (Å²) >= 11 is 1.73. The number of anilines is 1. The van der Waals surface area contributed by atoms with Crippen LogP contribution in [0.15, 0.2) is 11.6 Å². The van der Waals surface area contributed by atoms with Crippen LogP contribution in [0.3, 0.4) is 0 Å². The Hall–Kier alpha value is -1.07. The van der Waals surface area contributed by atoms with Crippen LogP contribution in [0.25, 0.3) is 4.96 Å². The van der Waals surface area contributed by atoms with Crippen LogP contribution in [0.2, 0.25) is 0 Å². The Bertz CT molecular complexity index is 586. The largest absolute Gasteiger partial charge is 0.352 e. The summed E-state index contributed by atoms with van der Waals surface area (Å²) in [6, 6.07) is 0.665. The fourth-order valence-corrected chi connectivity index (χ4v) is 3.96. The van der Waals surface area contributed by atoms with Crippen LogP contribution in [0.1, 0.15) is 45.7 Å². The molecular weight excluding hydrogens is 280 g/mol. The summed E-state index contributed by atoms with van der Waals surface area (Å²) in [5.41, 5.74) is 1.33. The molecule has 3 heterocycles. The molecule has 1 unspecified atom stereocenters. The molecule has 1 aliphatic heterocycles. The SMILES string of the molecule is CCC1CCCN1c1nc2sccn2c1CNCC(C)C. The molecule has 0 amide bonds. The van der Waals surface area contributed by atoms with Gasteiger partial charge in [0.05, 0.1) is 5.69 Å². The molecule has 21 heavy (non-hydrogen) atoms. The van der Waals surface area contributed by atoms with Gasteiger partial charge in [0.2, 0.25) is 0 Å². The van der Waals surface area contributed by atoms with E-state index in [2.05, 4.69) is 47.0 Å². The maximum Gasteiger partial charge on any atom is 0.195 e. The third-order valence-electron chi connectivity index (χ3n) is 4.31. The first-order valence-corrected chi connectivity index (χ1v) is 9.00. The standard InChI is InChI=1S/C16H26N4S/c1-4-13-6-5-7-19(13)15-14(11-17-10-12(2)3)20-8-9-21-16(20)18-15/h8-9,12-13,17H,4-7,10-11H2,1-3H3. The maximum atomic E-state index is 4.92. The van der Waals surface area contributed by atoms with E-state index in [0.29, 0.717) is 12.0 Å². The molecule has 0 spiro atoms. The summed E-state index contributed by atoms with van der Waals surface area (Å²) in [6.07, 6.45) is 5.97. The molecule has 2 aromatic heterocycles. The second-order valence-electron chi connectivity index (χ2n) is 6.36. The lowest BCUT2D eigenvalue weighted by molar-refractivity contribution is 0.545. The Labute approximate surface area is 131 Å². The predicted octanol–water partition coefficient (Wildman–Crippen LogP) is 3.52. The van der Waals surface area contributed by atoms with Crippen molar-refractivity contribution >= 4 is 22.1 Å². The van der Waals surface area contributed by atoms with Crippen LogP contribution in [-0.4, -0.2) is 28.5 Å². The van der Waals surface area contributed by atoms with E-state index in [1.807, 2.05) is 0 Å². The number of thiazole rings is 1. The number of rotatable bonds is 6. The highest BCUT2D eigenvalue weighted by molar-refractivity contribution is 7.15. The molecule has 116 valence electrons. The lowest BCUT2D eigenvalue weighted by Gasteiger charge is -2.25. The van der Waals surface area contributed by atoms with E-state index in [1.165, 1.54) is 30.8 Å². The van der Waals surface area contributed by atoms with Gasteiger partial charge in [-0.15, -0.1) is 11.3 Å². The molecule has 1 N–H and O–H groups in total. The zero-order valence-corrected chi connectivity index (χ0v) is 14.1. The summed E-state index contributed by atoms with van der Waals surface area (Å²) in [5, 5.41) is 5.71. The third kappa shape index (κ3) is 2.94. The van der Waals surface area contributed by atoms with Crippen LogP contribution in [0.5, 0.6) is 0 Å². The summed E-state index contributed by atoms with van der Waals surface area (Å²) in [7, 11) is 0. The molecule has 0 aliphatic carbocycles. The highest BCUT2D eigenvalue weighted by Crippen LogP contribution is 2.31. The molecular formula is C16H26N4S. The van der Waals surface area contributed by atoms with Crippen LogP contribution in [0.4, 0.5) is 5.82 Å². The minimum Gasteiger partial charge on any atom is -0.352 e. The van der Waals surface area contributed by atoms with Gasteiger partial charge in [-0.05, 0) is 31.7 Å². The van der Waals surface area contributed by atoms with Crippen LogP contribution < -0.4 is 10.2 Å². The Morgan fingerprint density at radius 3 is 3.10 bits per heavy atom. The van der Waals surface area contributed by atoms with Crippen molar-refractivity contribution in [1.29, 1.82) is 0 Å². The quantitative estimate of drug-likeness (QED) is 0.886. The van der Waals surface area contributed by atoms with Gasteiger partial charge in [-0.2, -0.15) is 0 Å². The molecule has 1 fully saturated rings. The third-order valence-corrected chi connectivity index (χ3v) is 5.06. The summed E-state index contributed by atoms with van der Waals surface area (Å²) in [4.78, 5) is 8.57. The molecule has 1 saturated heterocycles. The molecule has 5 heteroatoms. The van der Waals surface area contributed by atoms with E-state index in [0.717, 1.165) is 24.6 Å². The topological polar surface area (TPSA) is 32.6 Å². The number of nitrogens with one attached hydrogen (secondary N) is 1. The maximum absolute atomic E-state index is 4.92. The van der Waals surface area contributed by atoms with Crippen molar-refractivity contribution in [3.05, 3.63) is 17.3 Å². The minimum absolute atomic E-state index is 0.665. The average Bonchev–Trinajstić information content (AvgIpc) is 3.13. The summed E-state index contributed by atoms with van der Waals surface area (Å²) < 4.78 is 2.26. The van der Waals surface area contributed by atoms with Crippen LogP contribution in [0, 0.1) is 5.92 Å². The summed E-state index contributed by atoms with van der Waals surface area (Å²) in [6.45, 7) is 9.89. The molecule has 0 aromatic carbocycles. The van der Waals surface area contributed by atoms with Gasteiger partial charge in [-0.25, -0.2) is 4.98 Å². The second-order valence-corrected chi connectivity index (χ2v) is 7.23. The van der Waals surface area contributed by atoms with Crippen molar-refractivity contribution in [3.63, 3.8) is 0 Å². The van der Waals surface area contributed by atoms with Crippen LogP contribution in [-0.2, 0) is 6.54 Å². The number of nitrogens with zero attached hydrogens (tertiary/aromatic N) is 3. The number of hydrogen-bond acceptors (Lipinski definition) is 4. The van der Waals surface area contributed by atoms with Crippen molar-refractivity contribution in [2.75, 3.05) is 18.0 Å². The van der Waals surface area contributed by atoms with E-state index < -0.39 is 0 Å². The van der Waals surface area contributed by atoms with Gasteiger partial charge in [-0.1, -0.05) is 20.8 Å². The Balaban J connectivity index is 1.88. The summed E-state index contributed by atoms with van der Waals surface area (Å²) in [5.74, 6) is 1.89. The Morgan fingerprint density at radius 2 is 2.33 bits per heavy atom. The van der Waals surface area contributed by atoms with Crippen molar-refractivity contribution < 1.29 is 0 Å². The van der Waals surface area contributed by atoms with Crippen molar-refractivity contribution in [2.24, 2.45) is 5.92 Å². The molecule has 3 rings (SSSR count). The molecule has 0 bridgehead atoms. The molecule has 4 nitrogen and oxygen atoms in total. The molecule has 1 aliphatic rings. The lowest BCUT2D eigenvalue weighted by atomic mass is 10.1. The molecule has 0 radical (unpaired) electrons. The highest BCUT2D eigenvalue weighted by Gasteiger charge is 2.28. The normalized spacial score (nSPS) is 19.2. The van der Waals surface area contributed by atoms with Crippen molar-refractivity contribution in [2.45, 2.75) is 52.6 Å². The van der Waals surface area contributed by atoms with Gasteiger partial charge in [0.25, 0.3) is 0 Å². The first-order valence-electron chi connectivity index (χ1n) is 8.12. The molecule has 2 aromatic rings. The zero-order chi connectivity index (χ0) is 14.8. The van der Waals surface area contributed by atoms with Gasteiger partial charge >= 0.3 is 0 Å². The molecule has 1 atom stereocenters. The fourth-order valence-electron chi connectivity index (χ4n) is 3.23. The van der Waals surface area contributed by atoms with Gasteiger partial charge in [0.1, 0.15) is 0 Å². The van der Waals surface area contributed by atoms with Gasteiger partial charge in [-0.3, -0.25) is 4.40 Å². The number of aromatic nitrogens is 2. The minimum atomic E-state index is 0.665. The van der Waals surface area contributed by atoms with E-state index in [4.69, 9.17) is 4.98 Å². The van der Waals surface area contributed by atoms with Crippen molar-refractivity contribution in [1.82, 2.24) is 14.7 Å². The fraction of sp³-hybridized carbons (Fsp3) is 0.688. The van der Waals surface area contributed by atoms with E-state index >= 15 is 0 Å². The highest BCUT2D eigenvalue weighted by atomic mass is 32.1. The zero-order valence-electron chi connectivity index (χ0n) is 13.3. The van der Waals surface area contributed by atoms with Crippen molar-refractivity contribution in [3.8, 4) is 0 Å².